The van der Waals surface area contributed by atoms with Crippen molar-refractivity contribution in [2.24, 2.45) is 10.9 Å². The number of ether oxygens (including phenoxy) is 1. The Bertz CT molecular complexity index is 628. The summed E-state index contributed by atoms with van der Waals surface area (Å²) in [6, 6.07) is 2.70. The average molecular weight is 389 g/mol. The molecule has 2 rings (SSSR count). The number of nitrogens with one attached hydrogen (secondary N) is 1. The fourth-order valence-electron chi connectivity index (χ4n) is 3.10. The number of rotatable bonds is 6. The first-order valence-electron chi connectivity index (χ1n) is 9.24. The van der Waals surface area contributed by atoms with Gasteiger partial charge in [0.2, 0.25) is 0 Å². The summed E-state index contributed by atoms with van der Waals surface area (Å²) >= 11 is 0. The minimum Gasteiger partial charge on any atom is -0.381 e. The van der Waals surface area contributed by atoms with E-state index in [9.17, 15) is 17.6 Å². The number of aliphatic imine (C=N–C) groups is 1. The van der Waals surface area contributed by atoms with Gasteiger partial charge in [-0.25, -0.2) is 9.38 Å². The van der Waals surface area contributed by atoms with Gasteiger partial charge in [-0.15, -0.1) is 0 Å². The van der Waals surface area contributed by atoms with Gasteiger partial charge >= 0.3 is 6.18 Å². The Morgan fingerprint density at radius 3 is 2.63 bits per heavy atom. The molecular formula is C19H27F4N3O. The molecule has 27 heavy (non-hydrogen) atoms. The highest BCUT2D eigenvalue weighted by Crippen LogP contribution is 2.32. The fraction of sp³-hybridized carbons (Fsp3) is 0.632. The summed E-state index contributed by atoms with van der Waals surface area (Å²) < 4.78 is 58.0. The zero-order valence-corrected chi connectivity index (χ0v) is 15.8. The first kappa shape index (κ1) is 21.5. The highest BCUT2D eigenvalue weighted by molar-refractivity contribution is 5.79. The van der Waals surface area contributed by atoms with Crippen LogP contribution in [0.3, 0.4) is 0 Å². The van der Waals surface area contributed by atoms with Crippen LogP contribution in [0.25, 0.3) is 0 Å². The van der Waals surface area contributed by atoms with Crippen molar-refractivity contribution in [2.75, 3.05) is 33.4 Å². The zero-order chi connectivity index (χ0) is 19.9. The van der Waals surface area contributed by atoms with E-state index in [1.807, 2.05) is 18.9 Å². The lowest BCUT2D eigenvalue weighted by Crippen LogP contribution is -2.40. The molecule has 0 radical (unpaired) electrons. The van der Waals surface area contributed by atoms with Crippen molar-refractivity contribution in [3.05, 3.63) is 35.1 Å². The van der Waals surface area contributed by atoms with Gasteiger partial charge in [-0.3, -0.25) is 0 Å². The number of nitrogens with zero attached hydrogens (tertiary/aromatic N) is 2. The Morgan fingerprint density at radius 2 is 2.00 bits per heavy atom. The normalized spacial score (nSPS) is 16.4. The molecule has 0 aliphatic carbocycles. The number of alkyl halides is 3. The quantitative estimate of drug-likeness (QED) is 0.453. The van der Waals surface area contributed by atoms with Crippen LogP contribution in [0.15, 0.2) is 23.2 Å². The number of guanidine groups is 1. The van der Waals surface area contributed by atoms with E-state index < -0.39 is 17.6 Å². The third-order valence-corrected chi connectivity index (χ3v) is 4.69. The van der Waals surface area contributed by atoms with Crippen LogP contribution < -0.4 is 5.32 Å². The molecule has 1 aromatic rings. The summed E-state index contributed by atoms with van der Waals surface area (Å²) in [6.07, 6.45) is -1.56. The lowest BCUT2D eigenvalue weighted by Gasteiger charge is -2.27. The minimum atomic E-state index is -4.61. The molecule has 0 bridgehead atoms. The second-order valence-electron chi connectivity index (χ2n) is 6.74. The predicted molar refractivity (Wildman–Crippen MR) is 97.0 cm³/mol. The third kappa shape index (κ3) is 6.68. The Balaban J connectivity index is 2.06. The molecule has 1 heterocycles. The Morgan fingerprint density at radius 1 is 1.30 bits per heavy atom. The van der Waals surface area contributed by atoms with Crippen molar-refractivity contribution in [1.82, 2.24) is 10.2 Å². The minimum absolute atomic E-state index is 0.0443. The van der Waals surface area contributed by atoms with E-state index in [2.05, 4.69) is 10.3 Å². The van der Waals surface area contributed by atoms with E-state index >= 15 is 0 Å². The predicted octanol–water partition coefficient (Wildman–Crippen LogP) is 4.06. The summed E-state index contributed by atoms with van der Waals surface area (Å²) in [7, 11) is 1.87. The molecule has 0 atom stereocenters. The first-order chi connectivity index (χ1) is 12.8. The van der Waals surface area contributed by atoms with Gasteiger partial charge in [0.25, 0.3) is 0 Å². The molecular weight excluding hydrogens is 362 g/mol. The van der Waals surface area contributed by atoms with Gasteiger partial charge in [0.05, 0.1) is 12.1 Å². The highest BCUT2D eigenvalue weighted by Gasteiger charge is 2.33. The summed E-state index contributed by atoms with van der Waals surface area (Å²) in [5, 5.41) is 3.11. The summed E-state index contributed by atoms with van der Waals surface area (Å²) in [6.45, 7) is 4.67. The molecule has 1 N–H and O–H groups in total. The van der Waals surface area contributed by atoms with Gasteiger partial charge in [-0.05, 0) is 49.8 Å². The van der Waals surface area contributed by atoms with E-state index in [4.69, 9.17) is 4.74 Å². The van der Waals surface area contributed by atoms with Crippen LogP contribution in [0.2, 0.25) is 0 Å². The van der Waals surface area contributed by atoms with Crippen molar-refractivity contribution >= 4 is 5.96 Å². The SMILES string of the molecule is CCNC(=NCc1ccc(F)cc1C(F)(F)F)N(C)CCC1CCOCC1. The summed E-state index contributed by atoms with van der Waals surface area (Å²) in [5.74, 6) is 0.232. The highest BCUT2D eigenvalue weighted by atomic mass is 19.4. The zero-order valence-electron chi connectivity index (χ0n) is 15.8. The van der Waals surface area contributed by atoms with Gasteiger partial charge < -0.3 is 15.0 Å². The van der Waals surface area contributed by atoms with Crippen LogP contribution >= 0.6 is 0 Å². The first-order valence-corrected chi connectivity index (χ1v) is 9.24. The molecule has 1 saturated heterocycles. The molecule has 152 valence electrons. The van der Waals surface area contributed by atoms with Gasteiger partial charge in [0.15, 0.2) is 5.96 Å². The van der Waals surface area contributed by atoms with Crippen LogP contribution in [-0.2, 0) is 17.5 Å². The second kappa shape index (κ2) is 9.92. The topological polar surface area (TPSA) is 36.9 Å². The van der Waals surface area contributed by atoms with Crippen molar-refractivity contribution in [3.63, 3.8) is 0 Å². The van der Waals surface area contributed by atoms with E-state index in [-0.39, 0.29) is 12.1 Å². The summed E-state index contributed by atoms with van der Waals surface area (Å²) in [4.78, 5) is 6.26. The van der Waals surface area contributed by atoms with Crippen molar-refractivity contribution in [1.29, 1.82) is 0 Å². The molecule has 1 aromatic carbocycles. The molecule has 1 aliphatic heterocycles. The monoisotopic (exact) mass is 389 g/mol. The van der Waals surface area contributed by atoms with E-state index in [1.54, 1.807) is 0 Å². The van der Waals surface area contributed by atoms with Gasteiger partial charge in [-0.2, -0.15) is 13.2 Å². The van der Waals surface area contributed by atoms with Crippen molar-refractivity contribution in [3.8, 4) is 0 Å². The van der Waals surface area contributed by atoms with Gasteiger partial charge in [0, 0.05) is 33.4 Å². The molecule has 0 amide bonds. The van der Waals surface area contributed by atoms with Crippen LogP contribution in [0.1, 0.15) is 37.3 Å². The number of halogens is 4. The molecule has 8 heteroatoms. The van der Waals surface area contributed by atoms with Crippen LogP contribution in [0.5, 0.6) is 0 Å². The number of benzene rings is 1. The standard InChI is InChI=1S/C19H27F4N3O/c1-3-24-18(26(2)9-6-14-7-10-27-11-8-14)25-13-15-4-5-16(20)12-17(15)19(21,22)23/h4-5,12,14H,3,6-11,13H2,1-2H3,(H,24,25). The molecule has 0 aromatic heterocycles. The Kier molecular flexibility index (Phi) is 7.89. The maximum absolute atomic E-state index is 13.2. The third-order valence-electron chi connectivity index (χ3n) is 4.69. The maximum Gasteiger partial charge on any atom is 0.416 e. The van der Waals surface area contributed by atoms with Crippen LogP contribution in [-0.4, -0.2) is 44.2 Å². The Hall–Kier alpha value is -1.83. The lowest BCUT2D eigenvalue weighted by molar-refractivity contribution is -0.138. The van der Waals surface area contributed by atoms with E-state index in [0.717, 1.165) is 51.2 Å². The molecule has 1 fully saturated rings. The molecule has 0 unspecified atom stereocenters. The van der Waals surface area contributed by atoms with E-state index in [0.29, 0.717) is 24.5 Å². The fourth-order valence-corrected chi connectivity index (χ4v) is 3.10. The Labute approximate surface area is 157 Å². The van der Waals surface area contributed by atoms with Crippen molar-refractivity contribution in [2.45, 2.75) is 38.9 Å². The smallest absolute Gasteiger partial charge is 0.381 e. The average Bonchev–Trinajstić information content (AvgIpc) is 2.64. The summed E-state index contributed by atoms with van der Waals surface area (Å²) in [5.41, 5.74) is -1.02. The van der Waals surface area contributed by atoms with E-state index in [1.165, 1.54) is 0 Å². The molecule has 0 spiro atoms. The molecule has 4 nitrogen and oxygen atoms in total. The maximum atomic E-state index is 13.2. The molecule has 1 aliphatic rings. The lowest BCUT2D eigenvalue weighted by atomic mass is 9.96. The van der Waals surface area contributed by atoms with Crippen LogP contribution in [0.4, 0.5) is 17.6 Å². The second-order valence-corrected chi connectivity index (χ2v) is 6.74. The van der Waals surface area contributed by atoms with Crippen molar-refractivity contribution < 1.29 is 22.3 Å². The number of hydrogen-bond donors (Lipinski definition) is 1. The largest absolute Gasteiger partial charge is 0.416 e. The molecule has 0 saturated carbocycles. The van der Waals surface area contributed by atoms with Gasteiger partial charge in [0.1, 0.15) is 5.82 Å². The van der Waals surface area contributed by atoms with Gasteiger partial charge in [-0.1, -0.05) is 6.07 Å². The van der Waals surface area contributed by atoms with Crippen LogP contribution in [0, 0.1) is 11.7 Å². The number of hydrogen-bond acceptors (Lipinski definition) is 2.